The predicted octanol–water partition coefficient (Wildman–Crippen LogP) is 3.82. The molecule has 2 aromatic rings. The summed E-state index contributed by atoms with van der Waals surface area (Å²) in [5.41, 5.74) is 1.35. The van der Waals surface area contributed by atoms with Crippen molar-refractivity contribution in [3.05, 3.63) is 57.7 Å². The fraction of sp³-hybridized carbons (Fsp3) is 0.312. The van der Waals surface area contributed by atoms with Crippen molar-refractivity contribution >= 4 is 33.3 Å². The number of rotatable bonds is 3. The standard InChI is InChI=1S/C16H17BrClN3/c17-14-3-1-2-13(10-14)12-20-6-8-21(9-7-20)16-5-4-15(18)11-19-16/h1-5,10-11H,6-9,12H2. The molecule has 0 bridgehead atoms. The lowest BCUT2D eigenvalue weighted by Gasteiger charge is -2.35. The summed E-state index contributed by atoms with van der Waals surface area (Å²) >= 11 is 9.41. The zero-order chi connectivity index (χ0) is 14.7. The van der Waals surface area contributed by atoms with Gasteiger partial charge in [0.1, 0.15) is 5.82 Å². The van der Waals surface area contributed by atoms with Crippen molar-refractivity contribution in [1.82, 2.24) is 9.88 Å². The molecule has 0 radical (unpaired) electrons. The van der Waals surface area contributed by atoms with E-state index in [1.807, 2.05) is 12.1 Å². The number of hydrogen-bond acceptors (Lipinski definition) is 3. The fourth-order valence-electron chi connectivity index (χ4n) is 2.58. The molecule has 0 saturated carbocycles. The summed E-state index contributed by atoms with van der Waals surface area (Å²) in [4.78, 5) is 9.19. The Morgan fingerprint density at radius 3 is 2.57 bits per heavy atom. The number of nitrogens with zero attached hydrogens (tertiary/aromatic N) is 3. The number of pyridine rings is 1. The second-order valence-electron chi connectivity index (χ2n) is 5.23. The van der Waals surface area contributed by atoms with Gasteiger partial charge >= 0.3 is 0 Å². The van der Waals surface area contributed by atoms with E-state index in [1.165, 1.54) is 5.56 Å². The van der Waals surface area contributed by atoms with Gasteiger partial charge in [-0.1, -0.05) is 39.7 Å². The Kier molecular flexibility index (Phi) is 4.78. The van der Waals surface area contributed by atoms with E-state index in [9.17, 15) is 0 Å². The number of aromatic nitrogens is 1. The average molecular weight is 367 g/mol. The van der Waals surface area contributed by atoms with Crippen LogP contribution in [0.2, 0.25) is 5.02 Å². The highest BCUT2D eigenvalue weighted by molar-refractivity contribution is 9.10. The Morgan fingerprint density at radius 2 is 1.90 bits per heavy atom. The third kappa shape index (κ3) is 3.96. The van der Waals surface area contributed by atoms with Crippen molar-refractivity contribution in [2.24, 2.45) is 0 Å². The van der Waals surface area contributed by atoms with Crippen LogP contribution in [-0.2, 0) is 6.54 Å². The zero-order valence-electron chi connectivity index (χ0n) is 11.7. The van der Waals surface area contributed by atoms with E-state index in [0.717, 1.165) is 43.0 Å². The molecule has 21 heavy (non-hydrogen) atoms. The van der Waals surface area contributed by atoms with Crippen molar-refractivity contribution in [1.29, 1.82) is 0 Å². The van der Waals surface area contributed by atoms with E-state index < -0.39 is 0 Å². The van der Waals surface area contributed by atoms with E-state index in [-0.39, 0.29) is 0 Å². The number of piperazine rings is 1. The van der Waals surface area contributed by atoms with Crippen molar-refractivity contribution < 1.29 is 0 Å². The van der Waals surface area contributed by atoms with E-state index in [2.05, 4.69) is 55.0 Å². The lowest BCUT2D eigenvalue weighted by Crippen LogP contribution is -2.46. The van der Waals surface area contributed by atoms with Crippen LogP contribution in [0.5, 0.6) is 0 Å². The van der Waals surface area contributed by atoms with Crippen molar-refractivity contribution in [2.45, 2.75) is 6.54 Å². The van der Waals surface area contributed by atoms with Crippen LogP contribution < -0.4 is 4.90 Å². The first-order valence-corrected chi connectivity index (χ1v) is 8.21. The highest BCUT2D eigenvalue weighted by Gasteiger charge is 2.18. The molecule has 0 N–H and O–H groups in total. The van der Waals surface area contributed by atoms with Gasteiger partial charge in [-0.25, -0.2) is 4.98 Å². The van der Waals surface area contributed by atoms with Crippen molar-refractivity contribution in [3.8, 4) is 0 Å². The molecule has 1 aromatic heterocycles. The summed E-state index contributed by atoms with van der Waals surface area (Å²) in [6.45, 7) is 5.11. The molecule has 1 saturated heterocycles. The number of anilines is 1. The van der Waals surface area contributed by atoms with Gasteiger partial charge in [-0.15, -0.1) is 0 Å². The third-order valence-corrected chi connectivity index (χ3v) is 4.42. The Hall–Kier alpha value is -1.10. The molecule has 0 unspecified atom stereocenters. The van der Waals surface area contributed by atoms with Crippen LogP contribution in [0.15, 0.2) is 47.1 Å². The molecule has 2 heterocycles. The summed E-state index contributed by atoms with van der Waals surface area (Å²) in [6.07, 6.45) is 1.71. The summed E-state index contributed by atoms with van der Waals surface area (Å²) in [5, 5.41) is 0.687. The van der Waals surface area contributed by atoms with Gasteiger partial charge in [0.2, 0.25) is 0 Å². The normalized spacial score (nSPS) is 16.2. The first-order chi connectivity index (χ1) is 10.2. The van der Waals surface area contributed by atoms with Crippen LogP contribution in [0.3, 0.4) is 0 Å². The monoisotopic (exact) mass is 365 g/mol. The van der Waals surface area contributed by atoms with Gasteiger partial charge < -0.3 is 4.90 Å². The summed E-state index contributed by atoms with van der Waals surface area (Å²) < 4.78 is 1.14. The number of benzene rings is 1. The Labute approximate surface area is 138 Å². The molecule has 110 valence electrons. The molecule has 0 atom stereocenters. The van der Waals surface area contributed by atoms with Gasteiger partial charge in [0.25, 0.3) is 0 Å². The van der Waals surface area contributed by atoms with Gasteiger partial charge in [0.15, 0.2) is 0 Å². The van der Waals surface area contributed by atoms with E-state index >= 15 is 0 Å². The van der Waals surface area contributed by atoms with Crippen LogP contribution >= 0.6 is 27.5 Å². The highest BCUT2D eigenvalue weighted by atomic mass is 79.9. The van der Waals surface area contributed by atoms with Crippen LogP contribution in [0, 0.1) is 0 Å². The van der Waals surface area contributed by atoms with E-state index in [1.54, 1.807) is 6.20 Å². The zero-order valence-corrected chi connectivity index (χ0v) is 14.0. The Morgan fingerprint density at radius 1 is 1.10 bits per heavy atom. The first-order valence-electron chi connectivity index (χ1n) is 7.04. The summed E-state index contributed by atoms with van der Waals surface area (Å²) in [7, 11) is 0. The van der Waals surface area contributed by atoms with Crippen molar-refractivity contribution in [2.75, 3.05) is 31.1 Å². The van der Waals surface area contributed by atoms with Gasteiger partial charge in [0, 0.05) is 43.4 Å². The third-order valence-electron chi connectivity index (χ3n) is 3.70. The molecular weight excluding hydrogens is 350 g/mol. The molecular formula is C16H17BrClN3. The second-order valence-corrected chi connectivity index (χ2v) is 6.58. The molecule has 1 aromatic carbocycles. The van der Waals surface area contributed by atoms with Gasteiger partial charge in [-0.2, -0.15) is 0 Å². The van der Waals surface area contributed by atoms with E-state index in [4.69, 9.17) is 11.6 Å². The van der Waals surface area contributed by atoms with Crippen LogP contribution in [0.1, 0.15) is 5.56 Å². The smallest absolute Gasteiger partial charge is 0.128 e. The molecule has 0 spiro atoms. The van der Waals surface area contributed by atoms with Gasteiger partial charge in [0.05, 0.1) is 5.02 Å². The molecule has 1 aliphatic rings. The Balaban J connectivity index is 1.56. The van der Waals surface area contributed by atoms with Crippen molar-refractivity contribution in [3.63, 3.8) is 0 Å². The first kappa shape index (κ1) is 14.8. The number of hydrogen-bond donors (Lipinski definition) is 0. The SMILES string of the molecule is Clc1ccc(N2CCN(Cc3cccc(Br)c3)CC2)nc1. The molecule has 5 heteroatoms. The molecule has 3 rings (SSSR count). The van der Waals surface area contributed by atoms with Crippen LogP contribution in [-0.4, -0.2) is 36.1 Å². The van der Waals surface area contributed by atoms with Crippen LogP contribution in [0.25, 0.3) is 0 Å². The molecule has 1 fully saturated rings. The predicted molar refractivity (Wildman–Crippen MR) is 90.9 cm³/mol. The quantitative estimate of drug-likeness (QED) is 0.823. The summed E-state index contributed by atoms with van der Waals surface area (Å²) in [5.74, 6) is 1.02. The molecule has 0 amide bonds. The van der Waals surface area contributed by atoms with Gasteiger partial charge in [-0.3, -0.25) is 4.90 Å². The maximum absolute atomic E-state index is 5.88. The minimum absolute atomic E-state index is 0.687. The van der Waals surface area contributed by atoms with E-state index in [0.29, 0.717) is 5.02 Å². The fourth-order valence-corrected chi connectivity index (χ4v) is 3.14. The minimum atomic E-state index is 0.687. The second kappa shape index (κ2) is 6.77. The molecule has 1 aliphatic heterocycles. The van der Waals surface area contributed by atoms with Crippen LogP contribution in [0.4, 0.5) is 5.82 Å². The lowest BCUT2D eigenvalue weighted by molar-refractivity contribution is 0.249. The Bertz CT molecular complexity index is 595. The lowest BCUT2D eigenvalue weighted by atomic mass is 10.2. The topological polar surface area (TPSA) is 19.4 Å². The minimum Gasteiger partial charge on any atom is -0.354 e. The molecule has 0 aliphatic carbocycles. The number of halogens is 2. The largest absolute Gasteiger partial charge is 0.354 e. The maximum atomic E-state index is 5.88. The molecule has 3 nitrogen and oxygen atoms in total. The average Bonchev–Trinajstić information content (AvgIpc) is 2.49. The summed E-state index contributed by atoms with van der Waals surface area (Å²) in [6, 6.07) is 12.4. The maximum Gasteiger partial charge on any atom is 0.128 e. The highest BCUT2D eigenvalue weighted by Crippen LogP contribution is 2.18. The van der Waals surface area contributed by atoms with Gasteiger partial charge in [-0.05, 0) is 29.8 Å².